The molecule has 58 heavy (non-hydrogen) atoms. The highest BCUT2D eigenvalue weighted by Gasteiger charge is 2.39. The number of nitriles is 4. The molecular formula is C52H32N6. The Morgan fingerprint density at radius 3 is 1.09 bits per heavy atom. The van der Waals surface area contributed by atoms with Gasteiger partial charge in [-0.15, -0.1) is 0 Å². The van der Waals surface area contributed by atoms with Gasteiger partial charge in [-0.25, -0.2) is 0 Å². The second kappa shape index (κ2) is 11.3. The molecule has 0 atom stereocenters. The molecule has 2 aliphatic carbocycles. The lowest BCUT2D eigenvalue weighted by Crippen LogP contribution is -2.15. The van der Waals surface area contributed by atoms with E-state index >= 15 is 0 Å². The van der Waals surface area contributed by atoms with E-state index in [4.69, 9.17) is 0 Å². The van der Waals surface area contributed by atoms with E-state index in [9.17, 15) is 21.0 Å². The summed E-state index contributed by atoms with van der Waals surface area (Å²) in [5.74, 6) is 0. The minimum Gasteiger partial charge on any atom is -0.307 e. The zero-order valence-electron chi connectivity index (χ0n) is 32.2. The van der Waals surface area contributed by atoms with Crippen molar-refractivity contribution in [3.05, 3.63) is 166 Å². The molecule has 0 spiro atoms. The second-order valence-corrected chi connectivity index (χ2v) is 16.5. The van der Waals surface area contributed by atoms with Crippen molar-refractivity contribution in [2.75, 3.05) is 0 Å². The summed E-state index contributed by atoms with van der Waals surface area (Å²) in [7, 11) is 0. The van der Waals surface area contributed by atoms with Crippen LogP contribution < -0.4 is 0 Å². The summed E-state index contributed by atoms with van der Waals surface area (Å²) < 4.78 is 3.87. The normalized spacial score (nSPS) is 14.1. The van der Waals surface area contributed by atoms with E-state index in [1.165, 1.54) is 22.3 Å². The molecule has 11 rings (SSSR count). The maximum Gasteiger partial charge on any atom is 0.103 e. The van der Waals surface area contributed by atoms with E-state index in [1.807, 2.05) is 57.7 Å². The third-order valence-corrected chi connectivity index (χ3v) is 13.1. The summed E-state index contributed by atoms with van der Waals surface area (Å²) in [6.45, 7) is 8.87. The molecule has 0 N–H and O–H groups in total. The van der Waals surface area contributed by atoms with Gasteiger partial charge >= 0.3 is 0 Å². The predicted molar refractivity (Wildman–Crippen MR) is 229 cm³/mol. The Bertz CT molecular complexity index is 3270. The molecule has 0 radical (unpaired) electrons. The smallest absolute Gasteiger partial charge is 0.103 e. The van der Waals surface area contributed by atoms with Gasteiger partial charge < -0.3 is 9.13 Å². The molecular weight excluding hydrogens is 709 g/mol. The number of aromatic nitrogens is 2. The fourth-order valence-electron chi connectivity index (χ4n) is 10.4. The number of nitrogens with zero attached hydrogens (tertiary/aromatic N) is 6. The molecule has 6 heteroatoms. The van der Waals surface area contributed by atoms with Crippen LogP contribution in [0.15, 0.2) is 121 Å². The van der Waals surface area contributed by atoms with E-state index in [-0.39, 0.29) is 44.5 Å². The van der Waals surface area contributed by atoms with Crippen LogP contribution in [-0.2, 0) is 10.8 Å². The third kappa shape index (κ3) is 3.96. The van der Waals surface area contributed by atoms with Crippen LogP contribution in [0.1, 0.15) is 72.2 Å². The molecule has 0 fully saturated rings. The largest absolute Gasteiger partial charge is 0.307 e. The van der Waals surface area contributed by atoms with Crippen LogP contribution in [0.3, 0.4) is 0 Å². The zero-order chi connectivity index (χ0) is 39.8. The molecule has 0 amide bonds. The molecule has 7 aromatic carbocycles. The minimum atomic E-state index is -0.316. The molecule has 0 saturated carbocycles. The van der Waals surface area contributed by atoms with Crippen molar-refractivity contribution in [2.24, 2.45) is 0 Å². The fourth-order valence-corrected chi connectivity index (χ4v) is 10.4. The number of rotatable bonds is 2. The van der Waals surface area contributed by atoms with Crippen LogP contribution >= 0.6 is 0 Å². The van der Waals surface area contributed by atoms with Gasteiger partial charge in [0.15, 0.2) is 0 Å². The highest BCUT2D eigenvalue weighted by Crippen LogP contribution is 2.53. The highest BCUT2D eigenvalue weighted by molar-refractivity contribution is 6.14. The fraction of sp³-hybridized carbons (Fsp3) is 0.115. The molecule has 270 valence electrons. The summed E-state index contributed by atoms with van der Waals surface area (Å²) >= 11 is 0. The van der Waals surface area contributed by atoms with Gasteiger partial charge in [0.1, 0.15) is 24.3 Å². The number of fused-ring (bicyclic) bond motifs is 12. The summed E-state index contributed by atoms with van der Waals surface area (Å²) in [5, 5.41) is 48.8. The summed E-state index contributed by atoms with van der Waals surface area (Å²) in [6.07, 6.45) is 0. The molecule has 0 unspecified atom stereocenters. The average Bonchev–Trinajstić information content (AvgIpc) is 3.89. The van der Waals surface area contributed by atoms with Crippen LogP contribution in [0.5, 0.6) is 0 Å². The quantitative estimate of drug-likeness (QED) is 0.176. The van der Waals surface area contributed by atoms with Crippen molar-refractivity contribution in [3.63, 3.8) is 0 Å². The Hall–Kier alpha value is -7.90. The van der Waals surface area contributed by atoms with Gasteiger partial charge in [0.05, 0.1) is 55.7 Å². The second-order valence-electron chi connectivity index (χ2n) is 16.5. The molecule has 2 heterocycles. The standard InChI is InChI=1S/C52H32N6/c1-51(2)41-17-9-5-13-29(41)33-21-35-31-15-7-11-19-45(31)57(47(35)23-43(33)51)49-37(25-53)39(27-55)50(40(28-56)38(49)26-54)58-46-20-12-8-16-32(46)36-22-34-30-14-6-10-18-42(30)52(3,4)44(34)24-48(36)58/h5-24H,1-4H3. The van der Waals surface area contributed by atoms with Crippen LogP contribution in [0.4, 0.5) is 0 Å². The number of hydrogen-bond donors (Lipinski definition) is 0. The monoisotopic (exact) mass is 740 g/mol. The van der Waals surface area contributed by atoms with Gasteiger partial charge in [-0.3, -0.25) is 0 Å². The molecule has 6 nitrogen and oxygen atoms in total. The molecule has 9 aromatic rings. The lowest BCUT2D eigenvalue weighted by molar-refractivity contribution is 0.661. The maximum absolute atomic E-state index is 11.2. The number of benzene rings is 7. The van der Waals surface area contributed by atoms with Crippen molar-refractivity contribution < 1.29 is 0 Å². The van der Waals surface area contributed by atoms with Gasteiger partial charge in [0.2, 0.25) is 0 Å². The first-order valence-corrected chi connectivity index (χ1v) is 19.4. The molecule has 0 saturated heterocycles. The molecule has 0 bridgehead atoms. The predicted octanol–water partition coefficient (Wildman–Crippen LogP) is 12.0. The molecule has 0 aliphatic heterocycles. The van der Waals surface area contributed by atoms with Crippen LogP contribution in [0.2, 0.25) is 0 Å². The first-order chi connectivity index (χ1) is 28.1. The van der Waals surface area contributed by atoms with Crippen molar-refractivity contribution in [1.82, 2.24) is 9.13 Å². The van der Waals surface area contributed by atoms with Crippen LogP contribution in [-0.4, -0.2) is 9.13 Å². The zero-order valence-corrected chi connectivity index (χ0v) is 32.2. The van der Waals surface area contributed by atoms with Crippen LogP contribution in [0, 0.1) is 45.3 Å². The van der Waals surface area contributed by atoms with E-state index in [1.54, 1.807) is 0 Å². The van der Waals surface area contributed by atoms with Gasteiger partial charge in [-0.2, -0.15) is 21.0 Å². The van der Waals surface area contributed by atoms with Crippen molar-refractivity contribution in [3.8, 4) is 57.9 Å². The Balaban J connectivity index is 1.28. The Labute approximate surface area is 334 Å². The Morgan fingerprint density at radius 1 is 0.362 bits per heavy atom. The summed E-state index contributed by atoms with van der Waals surface area (Å²) in [5.41, 5.74) is 12.5. The van der Waals surface area contributed by atoms with Crippen molar-refractivity contribution >= 4 is 43.6 Å². The van der Waals surface area contributed by atoms with E-state index in [0.717, 1.165) is 65.9 Å². The van der Waals surface area contributed by atoms with E-state index in [0.29, 0.717) is 0 Å². The lowest BCUT2D eigenvalue weighted by Gasteiger charge is -2.23. The number of para-hydroxylation sites is 2. The third-order valence-electron chi connectivity index (χ3n) is 13.1. The summed E-state index contributed by atoms with van der Waals surface area (Å²) in [4.78, 5) is 0. The van der Waals surface area contributed by atoms with Gasteiger partial charge in [0, 0.05) is 32.4 Å². The first kappa shape index (κ1) is 33.4. The summed E-state index contributed by atoms with van der Waals surface area (Å²) in [6, 6.07) is 51.2. The average molecular weight is 741 g/mol. The van der Waals surface area contributed by atoms with E-state index in [2.05, 4.69) is 125 Å². The Morgan fingerprint density at radius 2 is 0.707 bits per heavy atom. The maximum atomic E-state index is 11.2. The van der Waals surface area contributed by atoms with Crippen molar-refractivity contribution in [2.45, 2.75) is 38.5 Å². The van der Waals surface area contributed by atoms with Crippen molar-refractivity contribution in [1.29, 1.82) is 21.0 Å². The minimum absolute atomic E-state index is 0.0403. The first-order valence-electron chi connectivity index (χ1n) is 19.4. The van der Waals surface area contributed by atoms with E-state index < -0.39 is 0 Å². The topological polar surface area (TPSA) is 105 Å². The SMILES string of the molecule is CC1(C)c2ccccc2-c2cc3c4ccccc4n(-c4c(C#N)c(C#N)c(-n5c6ccccc6c6cc7c(cc65)C(C)(C)c5ccccc5-7)c(C#N)c4C#N)c3cc21. The highest BCUT2D eigenvalue weighted by atomic mass is 15.0. The van der Waals surface area contributed by atoms with Gasteiger partial charge in [-0.1, -0.05) is 113 Å². The lowest BCUT2D eigenvalue weighted by atomic mass is 9.82. The van der Waals surface area contributed by atoms with Gasteiger partial charge in [0.25, 0.3) is 0 Å². The number of hydrogen-bond acceptors (Lipinski definition) is 4. The molecule has 2 aromatic heterocycles. The Kier molecular flexibility index (Phi) is 6.54. The molecule has 2 aliphatic rings. The van der Waals surface area contributed by atoms with Gasteiger partial charge in [-0.05, 0) is 80.9 Å². The van der Waals surface area contributed by atoms with Crippen LogP contribution in [0.25, 0.3) is 77.2 Å².